The van der Waals surface area contributed by atoms with Crippen LogP contribution < -0.4 is 10.6 Å². The van der Waals surface area contributed by atoms with Crippen LogP contribution in [0.15, 0.2) is 57.3 Å². The van der Waals surface area contributed by atoms with E-state index in [2.05, 4.69) is 20.8 Å². The van der Waals surface area contributed by atoms with Gasteiger partial charge in [0, 0.05) is 12.1 Å². The van der Waals surface area contributed by atoms with Gasteiger partial charge >= 0.3 is 6.18 Å². The molecule has 3 heterocycles. The molecule has 3 amide bonds. The zero-order chi connectivity index (χ0) is 24.3. The minimum absolute atomic E-state index is 0.0306. The molecule has 2 aromatic rings. The van der Waals surface area contributed by atoms with E-state index in [4.69, 9.17) is 4.42 Å². The van der Waals surface area contributed by atoms with Crippen LogP contribution in [-0.2, 0) is 27.1 Å². The molecule has 4 rings (SSSR count). The van der Waals surface area contributed by atoms with Crippen LogP contribution in [0.1, 0.15) is 17.7 Å². The smallest absolute Gasteiger partial charge is 0.416 e. The van der Waals surface area contributed by atoms with Crippen molar-refractivity contribution >= 4 is 57.3 Å². The molecule has 178 valence electrons. The lowest BCUT2D eigenvalue weighted by atomic mass is 10.2. The van der Waals surface area contributed by atoms with Gasteiger partial charge in [0.2, 0.25) is 17.7 Å². The SMILES string of the molecule is O=C1CSC(=N/N=C2\S[C@@H](CC(=O)Nc3cccc(C(F)(F)F)c3)C(=O)N2Cc2ccco2)N1. The number of carbonyl (C=O) groups is 3. The van der Waals surface area contributed by atoms with Crippen molar-refractivity contribution in [3.8, 4) is 0 Å². The normalized spacial score (nSPS) is 20.9. The number of halogens is 3. The van der Waals surface area contributed by atoms with Gasteiger partial charge in [-0.05, 0) is 30.3 Å². The highest BCUT2D eigenvalue weighted by Gasteiger charge is 2.40. The number of alkyl halides is 3. The van der Waals surface area contributed by atoms with Crippen LogP contribution in [0.25, 0.3) is 0 Å². The lowest BCUT2D eigenvalue weighted by Gasteiger charge is -2.14. The quantitative estimate of drug-likeness (QED) is 0.575. The topological polar surface area (TPSA) is 116 Å². The van der Waals surface area contributed by atoms with Crippen molar-refractivity contribution in [1.29, 1.82) is 0 Å². The molecule has 14 heteroatoms. The number of benzene rings is 1. The highest BCUT2D eigenvalue weighted by molar-refractivity contribution is 8.15. The molecule has 2 fully saturated rings. The molecule has 2 N–H and O–H groups in total. The van der Waals surface area contributed by atoms with Gasteiger partial charge in [-0.3, -0.25) is 19.3 Å². The molecule has 1 aromatic carbocycles. The minimum Gasteiger partial charge on any atom is -0.467 e. The van der Waals surface area contributed by atoms with E-state index in [1.165, 1.54) is 23.3 Å². The fraction of sp³-hybridized carbons (Fsp3) is 0.250. The molecule has 0 radical (unpaired) electrons. The van der Waals surface area contributed by atoms with Gasteiger partial charge in [0.1, 0.15) is 11.0 Å². The molecule has 1 atom stereocenters. The predicted molar refractivity (Wildman–Crippen MR) is 121 cm³/mol. The number of nitrogens with zero attached hydrogens (tertiary/aromatic N) is 3. The van der Waals surface area contributed by atoms with E-state index in [1.807, 2.05) is 0 Å². The minimum atomic E-state index is -4.55. The predicted octanol–water partition coefficient (Wildman–Crippen LogP) is 3.26. The monoisotopic (exact) mass is 511 g/mol. The summed E-state index contributed by atoms with van der Waals surface area (Å²) in [4.78, 5) is 38.1. The van der Waals surface area contributed by atoms with Crippen LogP contribution in [-0.4, -0.2) is 44.0 Å². The second kappa shape index (κ2) is 9.93. The summed E-state index contributed by atoms with van der Waals surface area (Å²) in [5.41, 5.74) is -0.927. The van der Waals surface area contributed by atoms with Crippen LogP contribution in [0.5, 0.6) is 0 Å². The number of nitrogens with one attached hydrogen (secondary N) is 2. The first-order valence-electron chi connectivity index (χ1n) is 9.75. The van der Waals surface area contributed by atoms with Crippen LogP contribution in [0.4, 0.5) is 18.9 Å². The number of rotatable bonds is 6. The maximum atomic E-state index is 13.0. The summed E-state index contributed by atoms with van der Waals surface area (Å²) in [5, 5.41) is 12.6. The Morgan fingerprint density at radius 3 is 2.74 bits per heavy atom. The second-order valence-corrected chi connectivity index (χ2v) is 9.20. The summed E-state index contributed by atoms with van der Waals surface area (Å²) in [7, 11) is 0. The summed E-state index contributed by atoms with van der Waals surface area (Å²) in [6, 6.07) is 7.56. The number of thioether (sulfide) groups is 2. The summed E-state index contributed by atoms with van der Waals surface area (Å²) < 4.78 is 44.0. The molecule has 0 bridgehead atoms. The van der Waals surface area contributed by atoms with Crippen molar-refractivity contribution in [2.45, 2.75) is 24.4 Å². The number of hydrogen-bond acceptors (Lipinski definition) is 8. The zero-order valence-corrected chi connectivity index (χ0v) is 18.8. The van der Waals surface area contributed by atoms with Crippen molar-refractivity contribution < 1.29 is 32.0 Å². The Labute approximate surface area is 199 Å². The number of amides is 3. The second-order valence-electron chi connectivity index (χ2n) is 7.07. The molecule has 1 aromatic heterocycles. The Morgan fingerprint density at radius 1 is 1.24 bits per heavy atom. The molecule has 2 aliphatic rings. The van der Waals surface area contributed by atoms with Crippen LogP contribution in [0, 0.1) is 0 Å². The average Bonchev–Trinajstić information content (AvgIpc) is 3.50. The average molecular weight is 512 g/mol. The first kappa shape index (κ1) is 23.9. The van der Waals surface area contributed by atoms with E-state index in [1.54, 1.807) is 12.1 Å². The van der Waals surface area contributed by atoms with Crippen LogP contribution in [0.2, 0.25) is 0 Å². The van der Waals surface area contributed by atoms with Gasteiger partial charge in [-0.1, -0.05) is 29.6 Å². The largest absolute Gasteiger partial charge is 0.467 e. The van der Waals surface area contributed by atoms with Gasteiger partial charge in [-0.15, -0.1) is 10.2 Å². The van der Waals surface area contributed by atoms with E-state index < -0.39 is 28.8 Å². The molecule has 2 saturated heterocycles. The maximum absolute atomic E-state index is 13.0. The first-order valence-corrected chi connectivity index (χ1v) is 11.6. The summed E-state index contributed by atoms with van der Waals surface area (Å²) >= 11 is 2.16. The van der Waals surface area contributed by atoms with Gasteiger partial charge in [0.05, 0.1) is 24.1 Å². The van der Waals surface area contributed by atoms with E-state index >= 15 is 0 Å². The lowest BCUT2D eigenvalue weighted by molar-refractivity contribution is -0.137. The Kier molecular flexibility index (Phi) is 6.97. The fourth-order valence-electron chi connectivity index (χ4n) is 3.04. The molecular formula is C20H16F3N5O4S2. The van der Waals surface area contributed by atoms with Gasteiger partial charge in [0.25, 0.3) is 0 Å². The molecule has 9 nitrogen and oxygen atoms in total. The summed E-state index contributed by atoms with van der Waals surface area (Å²) in [6.07, 6.45) is -3.39. The Morgan fingerprint density at radius 2 is 2.06 bits per heavy atom. The van der Waals surface area contributed by atoms with Gasteiger partial charge < -0.3 is 15.1 Å². The summed E-state index contributed by atoms with van der Waals surface area (Å²) in [5.74, 6) is -0.580. The third-order valence-electron chi connectivity index (χ3n) is 4.57. The first-order chi connectivity index (χ1) is 16.2. The summed E-state index contributed by atoms with van der Waals surface area (Å²) in [6.45, 7) is 0.0494. The number of hydrogen-bond donors (Lipinski definition) is 2. The Hall–Kier alpha value is -3.26. The van der Waals surface area contributed by atoms with Crippen molar-refractivity contribution in [3.63, 3.8) is 0 Å². The van der Waals surface area contributed by atoms with Gasteiger partial charge in [-0.25, -0.2) is 0 Å². The zero-order valence-electron chi connectivity index (χ0n) is 17.2. The Balaban J connectivity index is 1.47. The highest BCUT2D eigenvalue weighted by atomic mass is 32.2. The molecule has 0 spiro atoms. The molecule has 0 unspecified atom stereocenters. The van der Waals surface area contributed by atoms with Crippen molar-refractivity contribution in [1.82, 2.24) is 10.2 Å². The van der Waals surface area contributed by atoms with Crippen LogP contribution in [0.3, 0.4) is 0 Å². The number of carbonyl (C=O) groups excluding carboxylic acids is 3. The van der Waals surface area contributed by atoms with Crippen molar-refractivity contribution in [3.05, 3.63) is 54.0 Å². The van der Waals surface area contributed by atoms with Crippen LogP contribution >= 0.6 is 23.5 Å². The maximum Gasteiger partial charge on any atom is 0.416 e. The van der Waals surface area contributed by atoms with E-state index in [-0.39, 0.29) is 40.6 Å². The van der Waals surface area contributed by atoms with Gasteiger partial charge in [0.15, 0.2) is 10.3 Å². The third-order valence-corrected chi connectivity index (χ3v) is 6.60. The molecule has 0 saturated carbocycles. The lowest BCUT2D eigenvalue weighted by Crippen LogP contribution is -2.33. The number of furan rings is 1. The highest BCUT2D eigenvalue weighted by Crippen LogP contribution is 2.33. The van der Waals surface area contributed by atoms with Crippen molar-refractivity contribution in [2.75, 3.05) is 11.1 Å². The molecule has 34 heavy (non-hydrogen) atoms. The molecule has 0 aliphatic carbocycles. The van der Waals surface area contributed by atoms with Crippen molar-refractivity contribution in [2.24, 2.45) is 10.2 Å². The van der Waals surface area contributed by atoms with Gasteiger partial charge in [-0.2, -0.15) is 13.2 Å². The fourth-order valence-corrected chi connectivity index (χ4v) is 4.75. The number of anilines is 1. The molecular weight excluding hydrogens is 495 g/mol. The third kappa shape index (κ3) is 5.80. The Bertz CT molecular complexity index is 1170. The van der Waals surface area contributed by atoms with E-state index in [0.29, 0.717) is 5.76 Å². The van der Waals surface area contributed by atoms with E-state index in [0.717, 1.165) is 35.7 Å². The molecule has 2 aliphatic heterocycles. The number of amidine groups is 2. The van der Waals surface area contributed by atoms with E-state index in [9.17, 15) is 27.6 Å². The standard InChI is InChI=1S/C20H16F3N5O4S2/c21-20(22,23)11-3-1-4-12(7-11)24-15(29)8-14-17(31)28(9-13-5-2-6-32-13)19(34-14)27-26-18-25-16(30)10-33-18/h1-7,14H,8-10H2,(H,24,29)(H,25,26,30)/b27-19-/t14-/m0/s1.